The molecule has 1 aromatic rings. The van der Waals surface area contributed by atoms with Crippen molar-refractivity contribution in [3.8, 4) is 0 Å². The molecule has 6 heteroatoms. The molecule has 0 aliphatic carbocycles. The molecule has 0 bridgehead atoms. The van der Waals surface area contributed by atoms with E-state index in [0.717, 1.165) is 37.6 Å². The highest BCUT2D eigenvalue weighted by Gasteiger charge is 2.16. The standard InChI is InChI=1S/C14H24N4S2/c1-3-5-12-13(15-4-2)17-10-18-14(12)16-8-11-9-19-6-7-20-11/h10-11H,3-9H2,1-2H3,(H2,15,16,17,18). The Labute approximate surface area is 130 Å². The Balaban J connectivity index is 2.02. The van der Waals surface area contributed by atoms with Crippen molar-refractivity contribution in [2.24, 2.45) is 0 Å². The van der Waals surface area contributed by atoms with Gasteiger partial charge in [0.1, 0.15) is 18.0 Å². The number of hydrogen-bond donors (Lipinski definition) is 2. The van der Waals surface area contributed by atoms with Crippen molar-refractivity contribution in [3.05, 3.63) is 11.9 Å². The van der Waals surface area contributed by atoms with Crippen LogP contribution in [0.15, 0.2) is 6.33 Å². The zero-order valence-corrected chi connectivity index (χ0v) is 13.9. The van der Waals surface area contributed by atoms with Gasteiger partial charge in [0.05, 0.1) is 0 Å². The first-order valence-corrected chi connectivity index (χ1v) is 9.56. The molecule has 1 saturated heterocycles. The third-order valence-electron chi connectivity index (χ3n) is 3.17. The van der Waals surface area contributed by atoms with Crippen LogP contribution >= 0.6 is 23.5 Å². The fourth-order valence-corrected chi connectivity index (χ4v) is 4.85. The third kappa shape index (κ3) is 4.45. The van der Waals surface area contributed by atoms with E-state index in [9.17, 15) is 0 Å². The van der Waals surface area contributed by atoms with E-state index >= 15 is 0 Å². The van der Waals surface area contributed by atoms with Crippen LogP contribution in [0.1, 0.15) is 25.8 Å². The second kappa shape index (κ2) is 8.62. The monoisotopic (exact) mass is 312 g/mol. The first-order chi connectivity index (χ1) is 9.85. The maximum atomic E-state index is 4.45. The van der Waals surface area contributed by atoms with Gasteiger partial charge in [-0.2, -0.15) is 23.5 Å². The van der Waals surface area contributed by atoms with Gasteiger partial charge in [-0.05, 0) is 13.3 Å². The van der Waals surface area contributed by atoms with Crippen LogP contribution in [-0.2, 0) is 6.42 Å². The molecular formula is C14H24N4S2. The van der Waals surface area contributed by atoms with Crippen LogP contribution in [0.25, 0.3) is 0 Å². The fraction of sp³-hybridized carbons (Fsp3) is 0.714. The van der Waals surface area contributed by atoms with E-state index in [2.05, 4.69) is 58.0 Å². The van der Waals surface area contributed by atoms with Gasteiger partial charge in [0.15, 0.2) is 0 Å². The molecule has 0 radical (unpaired) electrons. The summed E-state index contributed by atoms with van der Waals surface area (Å²) < 4.78 is 0. The number of nitrogens with zero attached hydrogens (tertiary/aromatic N) is 2. The quantitative estimate of drug-likeness (QED) is 0.807. The molecule has 2 rings (SSSR count). The van der Waals surface area contributed by atoms with Gasteiger partial charge in [-0.3, -0.25) is 0 Å². The SMILES string of the molecule is CCCc1c(NCC)ncnc1NCC1CSCCS1. The number of nitrogens with one attached hydrogen (secondary N) is 2. The first kappa shape index (κ1) is 15.8. The molecule has 2 N–H and O–H groups in total. The number of anilines is 2. The van der Waals surface area contributed by atoms with Crippen molar-refractivity contribution in [1.82, 2.24) is 9.97 Å². The Morgan fingerprint density at radius 2 is 2.00 bits per heavy atom. The molecule has 1 atom stereocenters. The van der Waals surface area contributed by atoms with Crippen LogP contribution in [0.3, 0.4) is 0 Å². The Hall–Kier alpha value is -0.620. The van der Waals surface area contributed by atoms with Gasteiger partial charge in [-0.15, -0.1) is 0 Å². The maximum Gasteiger partial charge on any atom is 0.134 e. The summed E-state index contributed by atoms with van der Waals surface area (Å²) in [5.41, 5.74) is 1.23. The van der Waals surface area contributed by atoms with E-state index < -0.39 is 0 Å². The van der Waals surface area contributed by atoms with Crippen LogP contribution < -0.4 is 10.6 Å². The summed E-state index contributed by atoms with van der Waals surface area (Å²) in [5, 5.41) is 7.58. The molecule has 0 saturated carbocycles. The minimum absolute atomic E-state index is 0.695. The molecule has 0 aromatic carbocycles. The van der Waals surface area contributed by atoms with Gasteiger partial charge in [-0.25, -0.2) is 9.97 Å². The number of hydrogen-bond acceptors (Lipinski definition) is 6. The Bertz CT molecular complexity index is 408. The zero-order valence-electron chi connectivity index (χ0n) is 12.3. The second-order valence-electron chi connectivity index (χ2n) is 4.78. The minimum Gasteiger partial charge on any atom is -0.370 e. The lowest BCUT2D eigenvalue weighted by molar-refractivity contribution is 0.891. The molecule has 0 amide bonds. The Morgan fingerprint density at radius 1 is 1.20 bits per heavy atom. The smallest absolute Gasteiger partial charge is 0.134 e. The lowest BCUT2D eigenvalue weighted by Gasteiger charge is -2.22. The molecule has 1 aliphatic rings. The molecule has 20 heavy (non-hydrogen) atoms. The largest absolute Gasteiger partial charge is 0.370 e. The van der Waals surface area contributed by atoms with E-state index in [1.165, 1.54) is 22.8 Å². The van der Waals surface area contributed by atoms with Crippen LogP contribution in [-0.4, -0.2) is 45.6 Å². The van der Waals surface area contributed by atoms with Crippen molar-refractivity contribution < 1.29 is 0 Å². The van der Waals surface area contributed by atoms with E-state index in [-0.39, 0.29) is 0 Å². The zero-order chi connectivity index (χ0) is 14.2. The fourth-order valence-electron chi connectivity index (χ4n) is 2.24. The van der Waals surface area contributed by atoms with Crippen molar-refractivity contribution in [3.63, 3.8) is 0 Å². The molecule has 1 fully saturated rings. The summed E-state index contributed by atoms with van der Waals surface area (Å²) in [7, 11) is 0. The summed E-state index contributed by atoms with van der Waals surface area (Å²) in [6.07, 6.45) is 3.77. The van der Waals surface area contributed by atoms with Gasteiger partial charge in [0.2, 0.25) is 0 Å². The van der Waals surface area contributed by atoms with Crippen LogP contribution in [0, 0.1) is 0 Å². The molecule has 1 aromatic heterocycles. The first-order valence-electron chi connectivity index (χ1n) is 7.36. The van der Waals surface area contributed by atoms with Crippen molar-refractivity contribution in [2.75, 3.05) is 41.0 Å². The van der Waals surface area contributed by atoms with Crippen molar-refractivity contribution in [2.45, 2.75) is 31.9 Å². The van der Waals surface area contributed by atoms with Crippen LogP contribution in [0.4, 0.5) is 11.6 Å². The summed E-state index contributed by atoms with van der Waals surface area (Å²) in [6, 6.07) is 0. The van der Waals surface area contributed by atoms with Crippen molar-refractivity contribution >= 4 is 35.2 Å². The van der Waals surface area contributed by atoms with Crippen LogP contribution in [0.2, 0.25) is 0 Å². The average Bonchev–Trinajstić information content (AvgIpc) is 2.49. The van der Waals surface area contributed by atoms with E-state index in [4.69, 9.17) is 0 Å². The highest BCUT2D eigenvalue weighted by Crippen LogP contribution is 2.26. The van der Waals surface area contributed by atoms with Gasteiger partial charge in [-0.1, -0.05) is 13.3 Å². The predicted octanol–water partition coefficient (Wildman–Crippen LogP) is 3.12. The Morgan fingerprint density at radius 3 is 2.65 bits per heavy atom. The van der Waals surface area contributed by atoms with Gasteiger partial charge in [0.25, 0.3) is 0 Å². The van der Waals surface area contributed by atoms with Gasteiger partial charge >= 0.3 is 0 Å². The molecule has 1 aliphatic heterocycles. The highest BCUT2D eigenvalue weighted by molar-refractivity contribution is 8.06. The van der Waals surface area contributed by atoms with Gasteiger partial charge in [0, 0.05) is 41.2 Å². The molecule has 0 spiro atoms. The topological polar surface area (TPSA) is 49.8 Å². The van der Waals surface area contributed by atoms with E-state index in [1.54, 1.807) is 6.33 Å². The number of aromatic nitrogens is 2. The third-order valence-corrected chi connectivity index (χ3v) is 6.02. The average molecular weight is 313 g/mol. The normalized spacial score (nSPS) is 18.8. The lowest BCUT2D eigenvalue weighted by Crippen LogP contribution is -2.24. The molecule has 2 heterocycles. The van der Waals surface area contributed by atoms with Crippen molar-refractivity contribution in [1.29, 1.82) is 0 Å². The summed E-state index contributed by atoms with van der Waals surface area (Å²) in [4.78, 5) is 8.82. The van der Waals surface area contributed by atoms with E-state index in [0.29, 0.717) is 5.25 Å². The second-order valence-corrected chi connectivity index (χ2v) is 7.34. The molecule has 4 nitrogen and oxygen atoms in total. The van der Waals surface area contributed by atoms with Gasteiger partial charge < -0.3 is 10.6 Å². The predicted molar refractivity (Wildman–Crippen MR) is 92.3 cm³/mol. The summed E-state index contributed by atoms with van der Waals surface area (Å²) in [5.74, 6) is 5.80. The Kier molecular flexibility index (Phi) is 6.79. The molecule has 112 valence electrons. The number of thioether (sulfide) groups is 2. The van der Waals surface area contributed by atoms with Crippen LogP contribution in [0.5, 0.6) is 0 Å². The lowest BCUT2D eigenvalue weighted by atomic mass is 10.1. The maximum absolute atomic E-state index is 4.45. The molecular weight excluding hydrogens is 288 g/mol. The van der Waals surface area contributed by atoms with E-state index in [1.807, 2.05) is 0 Å². The minimum atomic E-state index is 0.695. The summed E-state index contributed by atoms with van der Waals surface area (Å²) >= 11 is 4.13. The highest BCUT2D eigenvalue weighted by atomic mass is 32.2. The summed E-state index contributed by atoms with van der Waals surface area (Å²) in [6.45, 7) is 6.18. The number of rotatable bonds is 7. The molecule has 1 unspecified atom stereocenters.